The average Bonchev–Trinajstić information content (AvgIpc) is 2.64. The fourth-order valence-corrected chi connectivity index (χ4v) is 1.52. The van der Waals surface area contributed by atoms with Crippen molar-refractivity contribution >= 4 is 17.8 Å². The van der Waals surface area contributed by atoms with Crippen LogP contribution in [0.1, 0.15) is 30.9 Å². The van der Waals surface area contributed by atoms with Crippen molar-refractivity contribution in [2.24, 2.45) is 0 Å². The lowest BCUT2D eigenvalue weighted by atomic mass is 10.2. The predicted octanol–water partition coefficient (Wildman–Crippen LogP) is -0.288. The third kappa shape index (κ3) is 3.16. The summed E-state index contributed by atoms with van der Waals surface area (Å²) in [5, 5.41) is 14.6. The molecule has 0 fully saturated rings. The molecule has 1 heterocycles. The van der Waals surface area contributed by atoms with Crippen LogP contribution in [0.15, 0.2) is 0 Å². The first-order chi connectivity index (χ1) is 7.95. The van der Waals surface area contributed by atoms with Gasteiger partial charge in [0.05, 0.1) is 6.42 Å². The van der Waals surface area contributed by atoms with Gasteiger partial charge in [-0.1, -0.05) is 0 Å². The molecule has 94 valence electrons. The molecule has 1 aromatic rings. The third-order valence-corrected chi connectivity index (χ3v) is 2.31. The summed E-state index contributed by atoms with van der Waals surface area (Å²) in [6, 6.07) is -0.420. The second kappa shape index (κ2) is 5.28. The molecule has 8 nitrogen and oxygen atoms in total. The highest BCUT2D eigenvalue weighted by molar-refractivity contribution is 5.91. The topological polar surface area (TPSA) is 125 Å². The van der Waals surface area contributed by atoms with Crippen LogP contribution in [-0.2, 0) is 4.79 Å². The van der Waals surface area contributed by atoms with Gasteiger partial charge in [-0.2, -0.15) is 4.98 Å². The van der Waals surface area contributed by atoms with Crippen LogP contribution in [0, 0.1) is 0 Å². The Morgan fingerprint density at radius 1 is 1.59 bits per heavy atom. The molecular formula is C9H15N5O3. The van der Waals surface area contributed by atoms with Crippen LogP contribution in [0.2, 0.25) is 0 Å². The number of hydrogen-bond donors (Lipinski definition) is 3. The lowest BCUT2D eigenvalue weighted by Gasteiger charge is -2.25. The van der Waals surface area contributed by atoms with Crippen molar-refractivity contribution < 1.29 is 14.7 Å². The number of H-pyrrole nitrogens is 1. The summed E-state index contributed by atoms with van der Waals surface area (Å²) in [6.45, 7) is 3.80. The SMILES string of the molecule is CCN(C(=O)c1nc(N)n[nH]1)C(C)CC(=O)O. The smallest absolute Gasteiger partial charge is 0.305 e. The third-order valence-electron chi connectivity index (χ3n) is 2.31. The van der Waals surface area contributed by atoms with Gasteiger partial charge in [-0.25, -0.2) is 0 Å². The van der Waals surface area contributed by atoms with E-state index in [-0.39, 0.29) is 18.2 Å². The highest BCUT2D eigenvalue weighted by Gasteiger charge is 2.24. The fraction of sp³-hybridized carbons (Fsp3) is 0.556. The van der Waals surface area contributed by atoms with Crippen molar-refractivity contribution in [3.05, 3.63) is 5.82 Å². The van der Waals surface area contributed by atoms with Crippen molar-refractivity contribution in [1.82, 2.24) is 20.1 Å². The zero-order valence-corrected chi connectivity index (χ0v) is 9.67. The molecule has 0 radical (unpaired) electrons. The van der Waals surface area contributed by atoms with Crippen molar-refractivity contribution in [2.45, 2.75) is 26.3 Å². The molecule has 17 heavy (non-hydrogen) atoms. The van der Waals surface area contributed by atoms with Gasteiger partial charge in [0.2, 0.25) is 11.8 Å². The summed E-state index contributed by atoms with van der Waals surface area (Å²) >= 11 is 0. The number of carboxylic acid groups (broad SMARTS) is 1. The highest BCUT2D eigenvalue weighted by Crippen LogP contribution is 2.08. The van der Waals surface area contributed by atoms with Crippen LogP contribution >= 0.6 is 0 Å². The van der Waals surface area contributed by atoms with Crippen LogP contribution in [-0.4, -0.2) is 49.7 Å². The van der Waals surface area contributed by atoms with E-state index in [9.17, 15) is 9.59 Å². The van der Waals surface area contributed by atoms with Crippen LogP contribution < -0.4 is 5.73 Å². The van der Waals surface area contributed by atoms with Crippen molar-refractivity contribution in [3.8, 4) is 0 Å². The highest BCUT2D eigenvalue weighted by atomic mass is 16.4. The first-order valence-corrected chi connectivity index (χ1v) is 5.16. The first kappa shape index (κ1) is 12.9. The Morgan fingerprint density at radius 2 is 2.24 bits per heavy atom. The molecule has 1 unspecified atom stereocenters. The monoisotopic (exact) mass is 241 g/mol. The zero-order chi connectivity index (χ0) is 13.0. The molecule has 0 aliphatic rings. The van der Waals surface area contributed by atoms with Gasteiger partial charge < -0.3 is 15.7 Å². The maximum atomic E-state index is 12.0. The summed E-state index contributed by atoms with van der Waals surface area (Å²) in [6.07, 6.45) is -0.122. The Labute approximate surface area is 97.8 Å². The number of carbonyl (C=O) groups is 2. The van der Waals surface area contributed by atoms with Gasteiger partial charge >= 0.3 is 5.97 Å². The Balaban J connectivity index is 2.80. The standard InChI is InChI=1S/C9H15N5O3/c1-3-14(5(2)4-6(15)16)8(17)7-11-9(10)13-12-7/h5H,3-4H2,1-2H3,(H,15,16)(H3,10,11,12,13). The molecule has 0 saturated heterocycles. The maximum Gasteiger partial charge on any atom is 0.305 e. The number of amides is 1. The molecule has 0 aliphatic heterocycles. The van der Waals surface area contributed by atoms with Crippen LogP contribution in [0.5, 0.6) is 0 Å². The molecule has 0 aliphatic carbocycles. The number of nitrogens with zero attached hydrogens (tertiary/aromatic N) is 3. The Morgan fingerprint density at radius 3 is 2.65 bits per heavy atom. The molecule has 1 atom stereocenters. The minimum atomic E-state index is -0.958. The number of aromatic amines is 1. The van der Waals surface area contributed by atoms with E-state index in [1.165, 1.54) is 4.90 Å². The van der Waals surface area contributed by atoms with Crippen LogP contribution in [0.25, 0.3) is 0 Å². The van der Waals surface area contributed by atoms with Gasteiger partial charge in [-0.15, -0.1) is 5.10 Å². The number of aliphatic carboxylic acids is 1. The summed E-state index contributed by atoms with van der Waals surface area (Å²) < 4.78 is 0. The molecule has 0 aromatic carbocycles. The van der Waals surface area contributed by atoms with Gasteiger partial charge in [0, 0.05) is 12.6 Å². The van der Waals surface area contributed by atoms with E-state index in [1.807, 2.05) is 0 Å². The normalized spacial score (nSPS) is 12.1. The molecule has 4 N–H and O–H groups in total. The van der Waals surface area contributed by atoms with Gasteiger partial charge in [0.15, 0.2) is 0 Å². The quantitative estimate of drug-likeness (QED) is 0.650. The summed E-state index contributed by atoms with van der Waals surface area (Å²) in [5.74, 6) is -1.37. The van der Waals surface area contributed by atoms with Crippen molar-refractivity contribution in [1.29, 1.82) is 0 Å². The maximum absolute atomic E-state index is 12.0. The van der Waals surface area contributed by atoms with Crippen molar-refractivity contribution in [3.63, 3.8) is 0 Å². The molecule has 1 aromatic heterocycles. The molecule has 1 amide bonds. The van der Waals surface area contributed by atoms with E-state index in [1.54, 1.807) is 13.8 Å². The molecule has 0 spiro atoms. The molecule has 0 bridgehead atoms. The van der Waals surface area contributed by atoms with E-state index < -0.39 is 17.9 Å². The van der Waals surface area contributed by atoms with E-state index >= 15 is 0 Å². The molecule has 0 saturated carbocycles. The predicted molar refractivity (Wildman–Crippen MR) is 59.2 cm³/mol. The van der Waals surface area contributed by atoms with Crippen LogP contribution in [0.3, 0.4) is 0 Å². The lowest BCUT2D eigenvalue weighted by Crippen LogP contribution is -2.40. The van der Waals surface area contributed by atoms with Gasteiger partial charge in [0.25, 0.3) is 5.91 Å². The number of hydrogen-bond acceptors (Lipinski definition) is 5. The van der Waals surface area contributed by atoms with Gasteiger partial charge in [0.1, 0.15) is 0 Å². The number of carboxylic acids is 1. The van der Waals surface area contributed by atoms with E-state index in [2.05, 4.69) is 15.2 Å². The van der Waals surface area contributed by atoms with Gasteiger partial charge in [-0.05, 0) is 13.8 Å². The van der Waals surface area contributed by atoms with Crippen molar-refractivity contribution in [2.75, 3.05) is 12.3 Å². The number of aromatic nitrogens is 3. The minimum absolute atomic E-state index is 0.0154. The molecule has 1 rings (SSSR count). The summed E-state index contributed by atoms with van der Waals surface area (Å²) in [5.41, 5.74) is 5.30. The Kier molecular flexibility index (Phi) is 4.02. The number of carbonyl (C=O) groups excluding carboxylic acids is 1. The molecular weight excluding hydrogens is 226 g/mol. The summed E-state index contributed by atoms with van der Waals surface area (Å²) in [4.78, 5) is 27.7. The number of nitrogens with two attached hydrogens (primary N) is 1. The van der Waals surface area contributed by atoms with E-state index in [0.717, 1.165) is 0 Å². The minimum Gasteiger partial charge on any atom is -0.481 e. The van der Waals surface area contributed by atoms with E-state index in [0.29, 0.717) is 6.54 Å². The average molecular weight is 241 g/mol. The number of rotatable bonds is 5. The zero-order valence-electron chi connectivity index (χ0n) is 9.67. The molecule has 8 heteroatoms. The summed E-state index contributed by atoms with van der Waals surface area (Å²) in [7, 11) is 0. The van der Waals surface area contributed by atoms with Gasteiger partial charge in [-0.3, -0.25) is 14.7 Å². The second-order valence-electron chi connectivity index (χ2n) is 3.58. The van der Waals surface area contributed by atoms with Crippen LogP contribution in [0.4, 0.5) is 5.95 Å². The lowest BCUT2D eigenvalue weighted by molar-refractivity contribution is -0.138. The fourth-order valence-electron chi connectivity index (χ4n) is 1.52. The number of nitrogen functional groups attached to an aromatic ring is 1. The van der Waals surface area contributed by atoms with E-state index in [4.69, 9.17) is 10.8 Å². The number of anilines is 1. The Hall–Kier alpha value is -2.12. The Bertz CT molecular complexity index is 417. The first-order valence-electron chi connectivity index (χ1n) is 5.16. The number of nitrogens with one attached hydrogen (secondary N) is 1. The largest absolute Gasteiger partial charge is 0.481 e. The second-order valence-corrected chi connectivity index (χ2v) is 3.58.